The van der Waals surface area contributed by atoms with Gasteiger partial charge in [0.05, 0.1) is 31.2 Å². The number of anilines is 1. The van der Waals surface area contributed by atoms with Crippen molar-refractivity contribution in [3.63, 3.8) is 0 Å². The fourth-order valence-electron chi connectivity index (χ4n) is 2.02. The van der Waals surface area contributed by atoms with E-state index in [1.54, 1.807) is 4.90 Å². The molecule has 6 nitrogen and oxygen atoms in total. The van der Waals surface area contributed by atoms with Crippen molar-refractivity contribution in [3.05, 3.63) is 22.8 Å². The standard InChI is InChI=1S/C12H12ClN3O3/c13-11-8(6-14)1-2-15-12(11)16-3-4-19-7-9(16)5-10(17)18/h1-2,9H,3-5,7H2,(H,17,18). The number of hydrogen-bond acceptors (Lipinski definition) is 5. The van der Waals surface area contributed by atoms with Crippen LogP contribution in [0.4, 0.5) is 5.82 Å². The molecule has 1 fully saturated rings. The molecule has 0 bridgehead atoms. The second-order valence-electron chi connectivity index (χ2n) is 4.13. The lowest BCUT2D eigenvalue weighted by atomic mass is 10.1. The largest absolute Gasteiger partial charge is 0.481 e. The number of halogens is 1. The topological polar surface area (TPSA) is 86.5 Å². The molecule has 1 N–H and O–H groups in total. The molecule has 1 saturated heterocycles. The monoisotopic (exact) mass is 281 g/mol. The zero-order chi connectivity index (χ0) is 13.8. The lowest BCUT2D eigenvalue weighted by molar-refractivity contribution is -0.138. The second-order valence-corrected chi connectivity index (χ2v) is 4.51. The normalized spacial score (nSPS) is 18.9. The average molecular weight is 282 g/mol. The van der Waals surface area contributed by atoms with Crippen molar-refractivity contribution in [1.29, 1.82) is 5.26 Å². The van der Waals surface area contributed by atoms with Gasteiger partial charge in [-0.2, -0.15) is 5.26 Å². The maximum absolute atomic E-state index is 10.9. The second kappa shape index (κ2) is 5.87. The number of hydrogen-bond donors (Lipinski definition) is 1. The molecular weight excluding hydrogens is 270 g/mol. The molecule has 0 radical (unpaired) electrons. The number of rotatable bonds is 3. The Morgan fingerprint density at radius 1 is 1.74 bits per heavy atom. The maximum atomic E-state index is 10.9. The quantitative estimate of drug-likeness (QED) is 0.898. The molecule has 7 heteroatoms. The summed E-state index contributed by atoms with van der Waals surface area (Å²) in [6, 6.07) is 3.18. The third-order valence-electron chi connectivity index (χ3n) is 2.90. The summed E-state index contributed by atoms with van der Waals surface area (Å²) < 4.78 is 5.29. The Morgan fingerprint density at radius 3 is 3.21 bits per heavy atom. The van der Waals surface area contributed by atoms with Gasteiger partial charge in [0.1, 0.15) is 16.9 Å². The van der Waals surface area contributed by atoms with Gasteiger partial charge in [-0.1, -0.05) is 11.6 Å². The fraction of sp³-hybridized carbons (Fsp3) is 0.417. The van der Waals surface area contributed by atoms with Crippen molar-refractivity contribution >= 4 is 23.4 Å². The van der Waals surface area contributed by atoms with Crippen molar-refractivity contribution in [2.45, 2.75) is 12.5 Å². The lowest BCUT2D eigenvalue weighted by Crippen LogP contribution is -2.47. The fourth-order valence-corrected chi connectivity index (χ4v) is 2.29. The number of morpholine rings is 1. The smallest absolute Gasteiger partial charge is 0.305 e. The van der Waals surface area contributed by atoms with E-state index in [0.29, 0.717) is 31.1 Å². The van der Waals surface area contributed by atoms with Crippen LogP contribution in [0.2, 0.25) is 5.02 Å². The molecular formula is C12H12ClN3O3. The van der Waals surface area contributed by atoms with Gasteiger partial charge in [-0.15, -0.1) is 0 Å². The van der Waals surface area contributed by atoms with E-state index in [-0.39, 0.29) is 17.5 Å². The summed E-state index contributed by atoms with van der Waals surface area (Å²) in [5, 5.41) is 18.1. The highest BCUT2D eigenvalue weighted by Gasteiger charge is 2.28. The molecule has 1 aliphatic heterocycles. The molecule has 0 spiro atoms. The first kappa shape index (κ1) is 13.6. The molecule has 0 aliphatic carbocycles. The minimum Gasteiger partial charge on any atom is -0.481 e. The lowest BCUT2D eigenvalue weighted by Gasteiger charge is -2.36. The van der Waals surface area contributed by atoms with Crippen LogP contribution in [0, 0.1) is 11.3 Å². The first-order valence-corrected chi connectivity index (χ1v) is 6.12. The zero-order valence-electron chi connectivity index (χ0n) is 10.0. The van der Waals surface area contributed by atoms with Crippen molar-refractivity contribution in [3.8, 4) is 6.07 Å². The number of aliphatic carboxylic acids is 1. The van der Waals surface area contributed by atoms with Crippen molar-refractivity contribution in [2.75, 3.05) is 24.7 Å². The van der Waals surface area contributed by atoms with Crippen LogP contribution in [0.25, 0.3) is 0 Å². The van der Waals surface area contributed by atoms with E-state index in [2.05, 4.69) is 4.98 Å². The summed E-state index contributed by atoms with van der Waals surface area (Å²) in [5.74, 6) is -0.469. The summed E-state index contributed by atoms with van der Waals surface area (Å²) in [5.41, 5.74) is 0.326. The maximum Gasteiger partial charge on any atom is 0.305 e. The average Bonchev–Trinajstić information content (AvgIpc) is 2.39. The highest BCUT2D eigenvalue weighted by Crippen LogP contribution is 2.29. The van der Waals surface area contributed by atoms with Crippen LogP contribution >= 0.6 is 11.6 Å². The Balaban J connectivity index is 2.32. The molecule has 2 rings (SSSR count). The molecule has 100 valence electrons. The molecule has 1 aliphatic rings. The van der Waals surface area contributed by atoms with E-state index in [4.69, 9.17) is 26.7 Å². The Bertz CT molecular complexity index is 529. The van der Waals surface area contributed by atoms with Crippen molar-refractivity contribution < 1.29 is 14.6 Å². The predicted molar refractivity (Wildman–Crippen MR) is 68.2 cm³/mol. The number of ether oxygens (including phenoxy) is 1. The van der Waals surface area contributed by atoms with Gasteiger partial charge in [-0.05, 0) is 6.07 Å². The highest BCUT2D eigenvalue weighted by molar-refractivity contribution is 6.34. The van der Waals surface area contributed by atoms with Gasteiger partial charge in [0.2, 0.25) is 0 Å². The molecule has 0 aromatic carbocycles. The SMILES string of the molecule is N#Cc1ccnc(N2CCOCC2CC(=O)O)c1Cl. The van der Waals surface area contributed by atoms with Gasteiger partial charge in [0.25, 0.3) is 0 Å². The van der Waals surface area contributed by atoms with Gasteiger partial charge < -0.3 is 14.7 Å². The van der Waals surface area contributed by atoms with Gasteiger partial charge in [-0.3, -0.25) is 4.79 Å². The molecule has 1 aromatic heterocycles. The summed E-state index contributed by atoms with van der Waals surface area (Å²) in [6.45, 7) is 1.28. The van der Waals surface area contributed by atoms with E-state index >= 15 is 0 Å². The number of pyridine rings is 1. The Hall–Kier alpha value is -1.84. The number of aromatic nitrogens is 1. The van der Waals surface area contributed by atoms with E-state index < -0.39 is 5.97 Å². The molecule has 1 aromatic rings. The van der Waals surface area contributed by atoms with Crippen LogP contribution < -0.4 is 4.90 Å². The van der Waals surface area contributed by atoms with E-state index in [1.807, 2.05) is 6.07 Å². The third kappa shape index (κ3) is 2.95. The number of carboxylic acids is 1. The van der Waals surface area contributed by atoms with Crippen LogP contribution in [0.1, 0.15) is 12.0 Å². The Morgan fingerprint density at radius 2 is 2.53 bits per heavy atom. The summed E-state index contributed by atoms with van der Waals surface area (Å²) in [4.78, 5) is 16.8. The van der Waals surface area contributed by atoms with Gasteiger partial charge in [-0.25, -0.2) is 4.98 Å². The molecule has 1 atom stereocenters. The number of carbonyl (C=O) groups is 1. The van der Waals surface area contributed by atoms with Gasteiger partial charge in [0, 0.05) is 12.7 Å². The Labute approximate surface area is 115 Å². The molecule has 0 saturated carbocycles. The van der Waals surface area contributed by atoms with Crippen LogP contribution in [0.15, 0.2) is 12.3 Å². The van der Waals surface area contributed by atoms with E-state index in [1.165, 1.54) is 12.3 Å². The predicted octanol–water partition coefficient (Wildman–Crippen LogP) is 1.29. The van der Waals surface area contributed by atoms with Crippen molar-refractivity contribution in [1.82, 2.24) is 4.98 Å². The molecule has 1 unspecified atom stereocenters. The zero-order valence-corrected chi connectivity index (χ0v) is 10.8. The van der Waals surface area contributed by atoms with Crippen LogP contribution in [0.3, 0.4) is 0 Å². The first-order valence-electron chi connectivity index (χ1n) is 5.74. The van der Waals surface area contributed by atoms with Crippen LogP contribution in [0.5, 0.6) is 0 Å². The molecule has 0 amide bonds. The van der Waals surface area contributed by atoms with E-state index in [0.717, 1.165) is 0 Å². The number of nitriles is 1. The van der Waals surface area contributed by atoms with Crippen LogP contribution in [-0.2, 0) is 9.53 Å². The number of nitrogens with zero attached hydrogens (tertiary/aromatic N) is 3. The third-order valence-corrected chi connectivity index (χ3v) is 3.27. The minimum atomic E-state index is -0.909. The number of carboxylic acid groups (broad SMARTS) is 1. The van der Waals surface area contributed by atoms with Gasteiger partial charge in [0.15, 0.2) is 0 Å². The molecule has 19 heavy (non-hydrogen) atoms. The minimum absolute atomic E-state index is 0.0607. The van der Waals surface area contributed by atoms with Crippen LogP contribution in [-0.4, -0.2) is 41.9 Å². The summed E-state index contributed by atoms with van der Waals surface area (Å²) in [7, 11) is 0. The molecule has 2 heterocycles. The van der Waals surface area contributed by atoms with Gasteiger partial charge >= 0.3 is 5.97 Å². The Kier molecular flexibility index (Phi) is 4.20. The first-order chi connectivity index (χ1) is 9.13. The van der Waals surface area contributed by atoms with Crippen molar-refractivity contribution in [2.24, 2.45) is 0 Å². The highest BCUT2D eigenvalue weighted by atomic mass is 35.5. The summed E-state index contributed by atoms with van der Waals surface area (Å²) in [6.07, 6.45) is 1.43. The van der Waals surface area contributed by atoms with E-state index in [9.17, 15) is 4.79 Å². The summed E-state index contributed by atoms with van der Waals surface area (Å²) >= 11 is 6.13.